The lowest BCUT2D eigenvalue weighted by Crippen LogP contribution is -2.30. The van der Waals surface area contributed by atoms with Crippen LogP contribution in [0.1, 0.15) is 11.1 Å². The summed E-state index contributed by atoms with van der Waals surface area (Å²) in [5, 5.41) is 6.75. The fourth-order valence-corrected chi connectivity index (χ4v) is 3.78. The second-order valence-corrected chi connectivity index (χ2v) is 8.58. The number of halogens is 1. The quantitative estimate of drug-likeness (QED) is 0.445. The molecule has 3 aromatic rings. The number of anilines is 3. The molecule has 10 heteroatoms. The first kappa shape index (κ1) is 21.0. The third-order valence-electron chi connectivity index (χ3n) is 3.86. The molecule has 0 fully saturated rings. The van der Waals surface area contributed by atoms with Gasteiger partial charge in [-0.15, -0.1) is 0 Å². The van der Waals surface area contributed by atoms with Gasteiger partial charge >= 0.3 is 0 Å². The summed E-state index contributed by atoms with van der Waals surface area (Å²) in [6.07, 6.45) is 3.14. The van der Waals surface area contributed by atoms with Gasteiger partial charge in [0, 0.05) is 30.4 Å². The van der Waals surface area contributed by atoms with Gasteiger partial charge in [0.15, 0.2) is 0 Å². The van der Waals surface area contributed by atoms with Crippen LogP contribution in [0.25, 0.3) is 0 Å². The van der Waals surface area contributed by atoms with Crippen LogP contribution in [0.4, 0.5) is 17.5 Å². The van der Waals surface area contributed by atoms with Crippen molar-refractivity contribution in [3.63, 3.8) is 0 Å². The molecule has 152 valence electrons. The van der Waals surface area contributed by atoms with Crippen molar-refractivity contribution in [1.82, 2.24) is 19.7 Å². The minimum Gasteiger partial charge on any atom is -0.369 e. The van der Waals surface area contributed by atoms with Gasteiger partial charge in [-0.25, -0.2) is 28.1 Å². The van der Waals surface area contributed by atoms with Gasteiger partial charge in [0.1, 0.15) is 23.8 Å². The van der Waals surface area contributed by atoms with Gasteiger partial charge in [-0.2, -0.15) is 0 Å². The van der Waals surface area contributed by atoms with E-state index in [1.165, 1.54) is 6.33 Å². The molecule has 0 bridgehead atoms. The molecule has 0 aliphatic carbocycles. The van der Waals surface area contributed by atoms with Crippen LogP contribution in [0.2, 0.25) is 5.02 Å². The van der Waals surface area contributed by atoms with E-state index >= 15 is 0 Å². The molecule has 0 saturated carbocycles. The first-order chi connectivity index (χ1) is 13.9. The van der Waals surface area contributed by atoms with Crippen LogP contribution in [-0.4, -0.2) is 36.5 Å². The summed E-state index contributed by atoms with van der Waals surface area (Å²) in [7, 11) is -3.44. The lowest BCUT2D eigenvalue weighted by atomic mass is 10.2. The van der Waals surface area contributed by atoms with Gasteiger partial charge < -0.3 is 10.6 Å². The first-order valence-electron chi connectivity index (χ1n) is 8.87. The summed E-state index contributed by atoms with van der Waals surface area (Å²) in [5.41, 5.74) is 1.76. The number of benzene rings is 1. The van der Waals surface area contributed by atoms with E-state index in [4.69, 9.17) is 11.6 Å². The monoisotopic (exact) mass is 432 g/mol. The minimum absolute atomic E-state index is 0.102. The highest BCUT2D eigenvalue weighted by Crippen LogP contribution is 2.15. The zero-order chi connectivity index (χ0) is 20.7. The second-order valence-electron chi connectivity index (χ2n) is 6.34. The van der Waals surface area contributed by atoms with E-state index in [1.807, 2.05) is 19.1 Å². The number of aryl methyl sites for hydroxylation is 1. The first-order valence-corrected chi connectivity index (χ1v) is 10.9. The summed E-state index contributed by atoms with van der Waals surface area (Å²) in [5.74, 6) is 1.75. The highest BCUT2D eigenvalue weighted by Gasteiger charge is 2.11. The molecule has 3 N–H and O–H groups in total. The van der Waals surface area contributed by atoms with Crippen molar-refractivity contribution in [3.05, 3.63) is 71.1 Å². The van der Waals surface area contributed by atoms with Crippen molar-refractivity contribution in [1.29, 1.82) is 0 Å². The van der Waals surface area contributed by atoms with Gasteiger partial charge in [0.25, 0.3) is 0 Å². The molecule has 1 aromatic carbocycles. The van der Waals surface area contributed by atoms with Crippen LogP contribution in [0.3, 0.4) is 0 Å². The fourth-order valence-electron chi connectivity index (χ4n) is 2.51. The van der Waals surface area contributed by atoms with Crippen LogP contribution < -0.4 is 15.4 Å². The molecule has 2 heterocycles. The number of pyridine rings is 1. The molecule has 0 aliphatic heterocycles. The molecule has 0 atom stereocenters. The Morgan fingerprint density at radius 1 is 0.931 bits per heavy atom. The number of aromatic nitrogens is 3. The van der Waals surface area contributed by atoms with Crippen molar-refractivity contribution in [2.75, 3.05) is 23.7 Å². The van der Waals surface area contributed by atoms with Crippen molar-refractivity contribution >= 4 is 39.1 Å². The lowest BCUT2D eigenvalue weighted by Gasteiger charge is -2.10. The molecule has 0 spiro atoms. The third kappa shape index (κ3) is 6.97. The van der Waals surface area contributed by atoms with Crippen LogP contribution in [0, 0.1) is 6.92 Å². The largest absolute Gasteiger partial charge is 0.369 e. The molecule has 0 amide bonds. The van der Waals surface area contributed by atoms with Crippen LogP contribution in [0.5, 0.6) is 0 Å². The Kier molecular flexibility index (Phi) is 6.97. The average Bonchev–Trinajstić information content (AvgIpc) is 2.67. The number of hydrogen-bond donors (Lipinski definition) is 3. The Balaban J connectivity index is 1.48. The van der Waals surface area contributed by atoms with Crippen molar-refractivity contribution < 1.29 is 8.42 Å². The number of nitrogens with zero attached hydrogens (tertiary/aromatic N) is 3. The topological polar surface area (TPSA) is 109 Å². The van der Waals surface area contributed by atoms with E-state index < -0.39 is 10.0 Å². The highest BCUT2D eigenvalue weighted by molar-refractivity contribution is 7.88. The highest BCUT2D eigenvalue weighted by atomic mass is 35.5. The maximum Gasteiger partial charge on any atom is 0.215 e. The van der Waals surface area contributed by atoms with Crippen molar-refractivity contribution in [2.45, 2.75) is 12.7 Å². The number of hydrogen-bond acceptors (Lipinski definition) is 7. The summed E-state index contributed by atoms with van der Waals surface area (Å²) in [6, 6.07) is 12.3. The Bertz CT molecular complexity index is 1060. The Labute approximate surface area is 174 Å². The maximum absolute atomic E-state index is 12.2. The smallest absolute Gasteiger partial charge is 0.215 e. The van der Waals surface area contributed by atoms with E-state index in [-0.39, 0.29) is 12.3 Å². The van der Waals surface area contributed by atoms with Crippen LogP contribution >= 0.6 is 11.6 Å². The standard InChI is InChI=1S/C19H21ClN6O2S/c1-14-6-7-21-18(10-14)26-19-11-17(23-13-24-19)22-8-9-25-29(27,28)12-15-2-4-16(20)5-3-15/h2-7,10-11,13,25H,8-9,12H2,1H3,(H2,21,22,23,24,26). The van der Waals surface area contributed by atoms with Crippen LogP contribution in [-0.2, 0) is 15.8 Å². The predicted octanol–water partition coefficient (Wildman–Crippen LogP) is 3.11. The number of sulfonamides is 1. The van der Waals surface area contributed by atoms with Gasteiger partial charge in [-0.1, -0.05) is 23.7 Å². The van der Waals surface area contributed by atoms with Crippen LogP contribution in [0.15, 0.2) is 55.0 Å². The van der Waals surface area contributed by atoms with Gasteiger partial charge in [0.2, 0.25) is 10.0 Å². The third-order valence-corrected chi connectivity index (χ3v) is 5.47. The average molecular weight is 433 g/mol. The Morgan fingerprint density at radius 2 is 1.66 bits per heavy atom. The molecular formula is C19H21ClN6O2S. The molecule has 29 heavy (non-hydrogen) atoms. The molecule has 0 aliphatic rings. The SMILES string of the molecule is Cc1ccnc(Nc2cc(NCCNS(=O)(=O)Cc3ccc(Cl)cc3)ncn2)c1. The minimum atomic E-state index is -3.44. The summed E-state index contributed by atoms with van der Waals surface area (Å²) in [6.45, 7) is 2.58. The predicted molar refractivity (Wildman–Crippen MR) is 115 cm³/mol. The summed E-state index contributed by atoms with van der Waals surface area (Å²) in [4.78, 5) is 12.5. The molecule has 2 aromatic heterocycles. The van der Waals surface area contributed by atoms with Crippen molar-refractivity contribution in [3.8, 4) is 0 Å². The summed E-state index contributed by atoms with van der Waals surface area (Å²) < 4.78 is 26.9. The normalized spacial score (nSPS) is 11.2. The zero-order valence-corrected chi connectivity index (χ0v) is 17.3. The fraction of sp³-hybridized carbons (Fsp3) is 0.211. The van der Waals surface area contributed by atoms with E-state index in [0.29, 0.717) is 34.6 Å². The lowest BCUT2D eigenvalue weighted by molar-refractivity contribution is 0.582. The Hall–Kier alpha value is -2.75. The van der Waals surface area contributed by atoms with E-state index in [2.05, 4.69) is 30.3 Å². The number of rotatable bonds is 9. The van der Waals surface area contributed by atoms with Crippen molar-refractivity contribution in [2.24, 2.45) is 0 Å². The van der Waals surface area contributed by atoms with E-state index in [0.717, 1.165) is 5.56 Å². The molecule has 0 radical (unpaired) electrons. The second kappa shape index (κ2) is 9.64. The van der Waals surface area contributed by atoms with Gasteiger partial charge in [-0.05, 0) is 42.3 Å². The molecule has 0 unspecified atom stereocenters. The Morgan fingerprint density at radius 3 is 2.41 bits per heavy atom. The molecular weight excluding hydrogens is 412 g/mol. The summed E-state index contributed by atoms with van der Waals surface area (Å²) >= 11 is 5.82. The van der Waals surface area contributed by atoms with E-state index in [1.54, 1.807) is 36.5 Å². The zero-order valence-electron chi connectivity index (χ0n) is 15.8. The van der Waals surface area contributed by atoms with Gasteiger partial charge in [-0.3, -0.25) is 0 Å². The maximum atomic E-state index is 12.2. The number of nitrogens with one attached hydrogen (secondary N) is 3. The molecule has 3 rings (SSSR count). The molecule has 0 saturated heterocycles. The van der Waals surface area contributed by atoms with Gasteiger partial charge in [0.05, 0.1) is 5.75 Å². The molecule has 8 nitrogen and oxygen atoms in total. The van der Waals surface area contributed by atoms with E-state index in [9.17, 15) is 8.42 Å².